The van der Waals surface area contributed by atoms with Crippen LogP contribution in [0.3, 0.4) is 0 Å². The van der Waals surface area contributed by atoms with E-state index in [0.29, 0.717) is 18.4 Å². The smallest absolute Gasteiger partial charge is 0.222 e. The minimum absolute atomic E-state index is 0. The molecule has 0 aromatic heterocycles. The molecule has 1 aliphatic rings. The van der Waals surface area contributed by atoms with E-state index >= 15 is 0 Å². The molecule has 0 saturated carbocycles. The number of piperidine rings is 1. The maximum Gasteiger partial charge on any atom is 0.222 e. The van der Waals surface area contributed by atoms with E-state index in [9.17, 15) is 4.79 Å². The standard InChI is InChI=1S/C13H27N3O.H2/c1-4-13(17)16-10-6-12(7-11-16)15(3)9-5-8-14-2;/h12,14H,4-11H2,1-3H3;1H. The van der Waals surface area contributed by atoms with Crippen LogP contribution >= 0.6 is 0 Å². The third-order valence-corrected chi connectivity index (χ3v) is 3.68. The monoisotopic (exact) mass is 243 g/mol. The van der Waals surface area contributed by atoms with E-state index in [0.717, 1.165) is 39.0 Å². The van der Waals surface area contributed by atoms with Gasteiger partial charge in [-0.05, 0) is 46.4 Å². The van der Waals surface area contributed by atoms with E-state index < -0.39 is 0 Å². The number of carbonyl (C=O) groups is 1. The summed E-state index contributed by atoms with van der Waals surface area (Å²) >= 11 is 0. The van der Waals surface area contributed by atoms with Gasteiger partial charge in [-0.3, -0.25) is 4.79 Å². The summed E-state index contributed by atoms with van der Waals surface area (Å²) in [5, 5.41) is 3.18. The second kappa shape index (κ2) is 7.67. The highest BCUT2D eigenvalue weighted by molar-refractivity contribution is 5.75. The number of hydrogen-bond donors (Lipinski definition) is 1. The van der Waals surface area contributed by atoms with Crippen LogP contribution in [-0.4, -0.2) is 62.0 Å². The molecule has 1 rings (SSSR count). The van der Waals surface area contributed by atoms with E-state index in [4.69, 9.17) is 0 Å². The molecule has 1 saturated heterocycles. The summed E-state index contributed by atoms with van der Waals surface area (Å²) < 4.78 is 0. The molecule has 0 aliphatic carbocycles. The SMILES string of the molecule is CCC(=O)N1CCC(N(C)CCCNC)CC1.[HH]. The van der Waals surface area contributed by atoms with E-state index in [1.807, 2.05) is 18.9 Å². The summed E-state index contributed by atoms with van der Waals surface area (Å²) in [6.45, 7) is 6.05. The topological polar surface area (TPSA) is 35.6 Å². The average molecular weight is 243 g/mol. The number of rotatable bonds is 6. The Hall–Kier alpha value is -0.610. The molecule has 0 bridgehead atoms. The van der Waals surface area contributed by atoms with Gasteiger partial charge in [-0.1, -0.05) is 6.92 Å². The largest absolute Gasteiger partial charge is 0.343 e. The number of nitrogens with zero attached hydrogens (tertiary/aromatic N) is 2. The minimum Gasteiger partial charge on any atom is -0.343 e. The summed E-state index contributed by atoms with van der Waals surface area (Å²) in [7, 11) is 4.20. The van der Waals surface area contributed by atoms with Crippen molar-refractivity contribution in [3.05, 3.63) is 0 Å². The third kappa shape index (κ3) is 4.64. The van der Waals surface area contributed by atoms with Gasteiger partial charge in [0.15, 0.2) is 0 Å². The molecule has 102 valence electrons. The summed E-state index contributed by atoms with van der Waals surface area (Å²) in [6, 6.07) is 0.660. The van der Waals surface area contributed by atoms with E-state index in [2.05, 4.69) is 17.3 Å². The molecule has 4 heteroatoms. The van der Waals surface area contributed by atoms with Crippen LogP contribution in [0.4, 0.5) is 0 Å². The van der Waals surface area contributed by atoms with Gasteiger partial charge < -0.3 is 15.1 Å². The highest BCUT2D eigenvalue weighted by Gasteiger charge is 2.23. The molecule has 0 spiro atoms. The lowest BCUT2D eigenvalue weighted by molar-refractivity contribution is -0.132. The number of carbonyl (C=O) groups excluding carboxylic acids is 1. The summed E-state index contributed by atoms with van der Waals surface area (Å²) in [5.74, 6) is 0.307. The predicted molar refractivity (Wildman–Crippen MR) is 73.2 cm³/mol. The zero-order chi connectivity index (χ0) is 12.7. The second-order valence-electron chi connectivity index (χ2n) is 4.90. The van der Waals surface area contributed by atoms with Gasteiger partial charge in [-0.2, -0.15) is 0 Å². The first-order valence-corrected chi connectivity index (χ1v) is 6.81. The highest BCUT2D eigenvalue weighted by Crippen LogP contribution is 2.16. The molecule has 0 aromatic carbocycles. The predicted octanol–water partition coefficient (Wildman–Crippen LogP) is 1.17. The number of nitrogens with one attached hydrogen (secondary N) is 1. The van der Waals surface area contributed by atoms with Crippen LogP contribution in [0.25, 0.3) is 0 Å². The molecule has 1 fully saturated rings. The minimum atomic E-state index is 0. The Balaban J connectivity index is 0.00000289. The fraction of sp³-hybridized carbons (Fsp3) is 0.923. The quantitative estimate of drug-likeness (QED) is 0.712. The molecule has 1 amide bonds. The number of hydrogen-bond acceptors (Lipinski definition) is 3. The summed E-state index contributed by atoms with van der Waals surface area (Å²) in [4.78, 5) is 16.0. The maximum absolute atomic E-state index is 11.6. The molecule has 1 N–H and O–H groups in total. The van der Waals surface area contributed by atoms with E-state index in [-0.39, 0.29) is 1.43 Å². The molecule has 4 nitrogen and oxygen atoms in total. The fourth-order valence-electron chi connectivity index (χ4n) is 2.47. The van der Waals surface area contributed by atoms with Crippen LogP contribution in [-0.2, 0) is 4.79 Å². The first kappa shape index (κ1) is 14.5. The Kier molecular flexibility index (Phi) is 6.52. The van der Waals surface area contributed by atoms with Crippen LogP contribution in [0, 0.1) is 0 Å². The summed E-state index contributed by atoms with van der Waals surface area (Å²) in [6.07, 6.45) is 4.09. The zero-order valence-corrected chi connectivity index (χ0v) is 11.5. The summed E-state index contributed by atoms with van der Waals surface area (Å²) in [5.41, 5.74) is 0. The van der Waals surface area contributed by atoms with E-state index in [1.54, 1.807) is 0 Å². The highest BCUT2D eigenvalue weighted by atomic mass is 16.2. The van der Waals surface area contributed by atoms with E-state index in [1.165, 1.54) is 6.42 Å². The molecule has 0 aromatic rings. The zero-order valence-electron chi connectivity index (χ0n) is 11.5. The van der Waals surface area contributed by atoms with Gasteiger partial charge in [0, 0.05) is 27.0 Å². The first-order chi connectivity index (χ1) is 8.19. The number of amides is 1. The normalized spacial score (nSPS) is 17.8. The van der Waals surface area contributed by atoms with Crippen molar-refractivity contribution >= 4 is 5.91 Å². The van der Waals surface area contributed by atoms with Gasteiger partial charge in [0.1, 0.15) is 0 Å². The Morgan fingerprint density at radius 2 is 2.12 bits per heavy atom. The lowest BCUT2D eigenvalue weighted by Gasteiger charge is -2.36. The second-order valence-corrected chi connectivity index (χ2v) is 4.90. The Morgan fingerprint density at radius 3 is 2.65 bits per heavy atom. The molecule has 0 unspecified atom stereocenters. The van der Waals surface area contributed by atoms with Crippen molar-refractivity contribution in [1.82, 2.24) is 15.1 Å². The molecule has 1 heterocycles. The molecule has 1 aliphatic heterocycles. The van der Waals surface area contributed by atoms with Crippen LogP contribution in [0.15, 0.2) is 0 Å². The van der Waals surface area contributed by atoms with Gasteiger partial charge in [0.25, 0.3) is 0 Å². The van der Waals surface area contributed by atoms with Gasteiger partial charge in [0.05, 0.1) is 0 Å². The first-order valence-electron chi connectivity index (χ1n) is 6.81. The van der Waals surface area contributed by atoms with Crippen molar-refractivity contribution in [2.24, 2.45) is 0 Å². The van der Waals surface area contributed by atoms with Crippen molar-refractivity contribution in [3.63, 3.8) is 0 Å². The van der Waals surface area contributed by atoms with Crippen LogP contribution in [0.1, 0.15) is 34.0 Å². The van der Waals surface area contributed by atoms with Crippen LogP contribution < -0.4 is 5.32 Å². The van der Waals surface area contributed by atoms with Gasteiger partial charge in [0.2, 0.25) is 5.91 Å². The van der Waals surface area contributed by atoms with Crippen molar-refractivity contribution in [3.8, 4) is 0 Å². The maximum atomic E-state index is 11.6. The number of likely N-dealkylation sites (tertiary alicyclic amines) is 1. The van der Waals surface area contributed by atoms with Crippen LogP contribution in [0.5, 0.6) is 0 Å². The van der Waals surface area contributed by atoms with Gasteiger partial charge in [-0.15, -0.1) is 0 Å². The Bertz CT molecular complexity index is 230. The lowest BCUT2D eigenvalue weighted by Crippen LogP contribution is -2.45. The lowest BCUT2D eigenvalue weighted by atomic mass is 10.0. The van der Waals surface area contributed by atoms with Crippen molar-refractivity contribution in [2.45, 2.75) is 38.6 Å². The molecular formula is C13H29N3O. The van der Waals surface area contributed by atoms with Gasteiger partial charge in [-0.25, -0.2) is 0 Å². The van der Waals surface area contributed by atoms with Crippen LogP contribution in [0.2, 0.25) is 0 Å². The average Bonchev–Trinajstić information content (AvgIpc) is 2.38. The third-order valence-electron chi connectivity index (χ3n) is 3.68. The molecule has 0 atom stereocenters. The molecule has 0 radical (unpaired) electrons. The molecule has 17 heavy (non-hydrogen) atoms. The van der Waals surface area contributed by atoms with Crippen molar-refractivity contribution in [2.75, 3.05) is 40.3 Å². The Labute approximate surface area is 107 Å². The fourth-order valence-corrected chi connectivity index (χ4v) is 2.47. The Morgan fingerprint density at radius 1 is 1.47 bits per heavy atom. The van der Waals surface area contributed by atoms with Crippen molar-refractivity contribution in [1.29, 1.82) is 0 Å². The molecular weight excluding hydrogens is 214 g/mol. The van der Waals surface area contributed by atoms with Crippen molar-refractivity contribution < 1.29 is 6.22 Å². The van der Waals surface area contributed by atoms with Gasteiger partial charge >= 0.3 is 0 Å².